The van der Waals surface area contributed by atoms with Crippen molar-refractivity contribution in [1.82, 2.24) is 10.3 Å². The van der Waals surface area contributed by atoms with Gasteiger partial charge in [0, 0.05) is 22.8 Å². The zero-order chi connectivity index (χ0) is 18.6. The number of nitrogens with zero attached hydrogens (tertiary/aromatic N) is 1. The second-order valence-corrected chi connectivity index (χ2v) is 6.59. The fourth-order valence-electron chi connectivity index (χ4n) is 2.54. The normalized spacial score (nSPS) is 12.6. The third kappa shape index (κ3) is 3.95. The molecule has 8 heteroatoms. The van der Waals surface area contributed by atoms with Gasteiger partial charge in [-0.1, -0.05) is 18.2 Å². The van der Waals surface area contributed by atoms with Crippen LogP contribution in [0.4, 0.5) is 20.7 Å². The molecule has 0 atom stereocenters. The number of urea groups is 1. The monoisotopic (exact) mass is 382 g/mol. The molecule has 2 heterocycles. The standard InChI is InChI=1S/C19H15FN4O2S/c20-15-10-12(24-27-13-4-2-1-3-5-13)6-7-17(15)26-16-8-9-21-18-14(16)11-22-19(25)23-18/h1-10,24H,11H2,(H2,21,22,23,25). The number of anilines is 2. The Kier molecular flexibility index (Phi) is 4.80. The third-order valence-corrected chi connectivity index (χ3v) is 4.70. The van der Waals surface area contributed by atoms with E-state index < -0.39 is 5.82 Å². The van der Waals surface area contributed by atoms with E-state index in [0.29, 0.717) is 22.8 Å². The first kappa shape index (κ1) is 17.2. The second kappa shape index (κ2) is 7.55. The summed E-state index contributed by atoms with van der Waals surface area (Å²) in [6.07, 6.45) is 1.50. The van der Waals surface area contributed by atoms with E-state index in [2.05, 4.69) is 20.3 Å². The molecule has 2 amide bonds. The second-order valence-electron chi connectivity index (χ2n) is 5.71. The van der Waals surface area contributed by atoms with Gasteiger partial charge < -0.3 is 14.8 Å². The summed E-state index contributed by atoms with van der Waals surface area (Å²) in [4.78, 5) is 16.5. The van der Waals surface area contributed by atoms with Gasteiger partial charge in [-0.2, -0.15) is 0 Å². The van der Waals surface area contributed by atoms with Crippen LogP contribution < -0.4 is 20.1 Å². The number of pyridine rings is 1. The number of rotatable bonds is 5. The average Bonchev–Trinajstić information content (AvgIpc) is 2.69. The van der Waals surface area contributed by atoms with Gasteiger partial charge in [0.1, 0.15) is 11.6 Å². The van der Waals surface area contributed by atoms with E-state index >= 15 is 0 Å². The number of carbonyl (C=O) groups is 1. The van der Waals surface area contributed by atoms with Gasteiger partial charge in [0.15, 0.2) is 11.6 Å². The maximum absolute atomic E-state index is 14.5. The predicted octanol–water partition coefficient (Wildman–Crippen LogP) is 4.77. The van der Waals surface area contributed by atoms with Gasteiger partial charge in [-0.15, -0.1) is 0 Å². The molecule has 3 aromatic rings. The molecule has 0 saturated heterocycles. The van der Waals surface area contributed by atoms with Crippen molar-refractivity contribution in [2.24, 2.45) is 0 Å². The Labute approximate surface area is 159 Å². The largest absolute Gasteiger partial charge is 0.454 e. The van der Waals surface area contributed by atoms with Crippen molar-refractivity contribution in [1.29, 1.82) is 0 Å². The lowest BCUT2D eigenvalue weighted by atomic mass is 10.2. The van der Waals surface area contributed by atoms with Gasteiger partial charge in [0.2, 0.25) is 0 Å². The van der Waals surface area contributed by atoms with Crippen LogP contribution in [0.15, 0.2) is 65.7 Å². The number of halogens is 1. The Balaban J connectivity index is 1.49. The van der Waals surface area contributed by atoms with E-state index in [9.17, 15) is 9.18 Å². The third-order valence-electron chi connectivity index (χ3n) is 3.85. The van der Waals surface area contributed by atoms with Crippen molar-refractivity contribution in [2.45, 2.75) is 11.4 Å². The minimum atomic E-state index is -0.493. The molecular formula is C19H15FN4O2S. The topological polar surface area (TPSA) is 75.3 Å². The molecule has 0 spiro atoms. The van der Waals surface area contributed by atoms with E-state index in [1.165, 1.54) is 24.2 Å². The Bertz CT molecular complexity index is 985. The molecule has 4 rings (SSSR count). The average molecular weight is 382 g/mol. The Morgan fingerprint density at radius 3 is 2.78 bits per heavy atom. The first-order valence-corrected chi connectivity index (χ1v) is 8.99. The number of hydrogen-bond acceptors (Lipinski definition) is 5. The lowest BCUT2D eigenvalue weighted by Gasteiger charge is -2.20. The van der Waals surface area contributed by atoms with E-state index in [1.54, 1.807) is 18.2 Å². The zero-order valence-electron chi connectivity index (χ0n) is 14.0. The number of nitrogens with one attached hydrogen (secondary N) is 3. The van der Waals surface area contributed by atoms with Crippen LogP contribution in [0.25, 0.3) is 0 Å². The Morgan fingerprint density at radius 2 is 1.96 bits per heavy atom. The molecule has 0 bridgehead atoms. The lowest BCUT2D eigenvalue weighted by molar-refractivity contribution is 0.250. The summed E-state index contributed by atoms with van der Waals surface area (Å²) >= 11 is 1.40. The van der Waals surface area contributed by atoms with Crippen LogP contribution in [-0.4, -0.2) is 11.0 Å². The van der Waals surface area contributed by atoms with Crippen molar-refractivity contribution < 1.29 is 13.9 Å². The number of carbonyl (C=O) groups excluding carboxylic acids is 1. The summed E-state index contributed by atoms with van der Waals surface area (Å²) in [7, 11) is 0. The summed E-state index contributed by atoms with van der Waals surface area (Å²) in [6.45, 7) is 0.263. The van der Waals surface area contributed by atoms with Crippen molar-refractivity contribution in [2.75, 3.05) is 10.0 Å². The van der Waals surface area contributed by atoms with Gasteiger partial charge in [0.05, 0.1) is 12.1 Å². The summed E-state index contributed by atoms with van der Waals surface area (Å²) in [5, 5.41) is 5.24. The molecule has 3 N–H and O–H groups in total. The SMILES string of the molecule is O=C1NCc2c(Oc3ccc(NSc4ccccc4)cc3F)ccnc2N1. The van der Waals surface area contributed by atoms with Crippen molar-refractivity contribution in [3.63, 3.8) is 0 Å². The first-order chi connectivity index (χ1) is 13.2. The van der Waals surface area contributed by atoms with E-state index in [1.807, 2.05) is 30.3 Å². The quantitative estimate of drug-likeness (QED) is 0.555. The summed E-state index contributed by atoms with van der Waals surface area (Å²) in [5.74, 6) is 0.447. The molecule has 0 fully saturated rings. The minimum absolute atomic E-state index is 0.0931. The van der Waals surface area contributed by atoms with Gasteiger partial charge in [-0.25, -0.2) is 14.2 Å². The predicted molar refractivity (Wildman–Crippen MR) is 102 cm³/mol. The molecule has 2 aromatic carbocycles. The smallest absolute Gasteiger partial charge is 0.320 e. The Morgan fingerprint density at radius 1 is 1.11 bits per heavy atom. The van der Waals surface area contributed by atoms with Gasteiger partial charge >= 0.3 is 6.03 Å². The molecule has 27 heavy (non-hydrogen) atoms. The number of hydrogen-bond donors (Lipinski definition) is 3. The molecule has 0 aliphatic carbocycles. The fourth-order valence-corrected chi connectivity index (χ4v) is 3.20. The molecule has 0 saturated carbocycles. The highest BCUT2D eigenvalue weighted by atomic mass is 32.2. The fraction of sp³-hybridized carbons (Fsp3) is 0.0526. The Hall–Kier alpha value is -3.26. The van der Waals surface area contributed by atoms with E-state index in [-0.39, 0.29) is 18.3 Å². The lowest BCUT2D eigenvalue weighted by Crippen LogP contribution is -2.34. The van der Waals surface area contributed by atoms with Crippen molar-refractivity contribution >= 4 is 29.5 Å². The highest BCUT2D eigenvalue weighted by Gasteiger charge is 2.20. The highest BCUT2D eigenvalue weighted by Crippen LogP contribution is 2.33. The number of ether oxygens (including phenoxy) is 1. The van der Waals surface area contributed by atoms with Gasteiger partial charge in [-0.05, 0) is 42.3 Å². The number of aromatic nitrogens is 1. The maximum atomic E-state index is 14.5. The van der Waals surface area contributed by atoms with Crippen LogP contribution >= 0.6 is 11.9 Å². The summed E-state index contributed by atoms with van der Waals surface area (Å²) < 4.78 is 23.3. The number of amides is 2. The molecule has 0 unspecified atom stereocenters. The van der Waals surface area contributed by atoms with Crippen LogP contribution in [0.5, 0.6) is 11.5 Å². The van der Waals surface area contributed by atoms with Crippen LogP contribution in [-0.2, 0) is 6.54 Å². The van der Waals surface area contributed by atoms with E-state index in [4.69, 9.17) is 4.74 Å². The molecular weight excluding hydrogens is 367 g/mol. The summed E-state index contributed by atoms with van der Waals surface area (Å²) in [6, 6.07) is 15.7. The molecule has 6 nitrogen and oxygen atoms in total. The van der Waals surface area contributed by atoms with Crippen LogP contribution in [0, 0.1) is 5.82 Å². The van der Waals surface area contributed by atoms with Crippen LogP contribution in [0.2, 0.25) is 0 Å². The van der Waals surface area contributed by atoms with Crippen LogP contribution in [0.1, 0.15) is 5.56 Å². The molecule has 1 aliphatic rings. The number of benzene rings is 2. The van der Waals surface area contributed by atoms with E-state index in [0.717, 1.165) is 4.90 Å². The molecule has 1 aromatic heterocycles. The minimum Gasteiger partial charge on any atom is -0.454 e. The molecule has 1 aliphatic heterocycles. The molecule has 136 valence electrons. The van der Waals surface area contributed by atoms with Gasteiger partial charge in [-0.3, -0.25) is 5.32 Å². The summed E-state index contributed by atoms with van der Waals surface area (Å²) in [5.41, 5.74) is 1.29. The van der Waals surface area contributed by atoms with Crippen LogP contribution in [0.3, 0.4) is 0 Å². The zero-order valence-corrected chi connectivity index (χ0v) is 14.8. The van der Waals surface area contributed by atoms with Crippen molar-refractivity contribution in [3.8, 4) is 11.5 Å². The number of fused-ring (bicyclic) bond motifs is 1. The molecule has 0 radical (unpaired) electrons. The van der Waals surface area contributed by atoms with Gasteiger partial charge in [0.25, 0.3) is 0 Å². The first-order valence-electron chi connectivity index (χ1n) is 8.17. The maximum Gasteiger partial charge on any atom is 0.320 e. The van der Waals surface area contributed by atoms with Crippen molar-refractivity contribution in [3.05, 3.63) is 72.2 Å². The highest BCUT2D eigenvalue weighted by molar-refractivity contribution is 8.00.